The standard InChI is InChI=1S/C18H19ClFNO3S/c1-24-11-18(10-21)16(12-3-2-4-14(20)9-12)17(18)25(22,23)15-7-5-13(19)6-8-15/h2-9,16-17H,10-11,21H2,1H3/t16-,17+,18-/m1/s1. The zero-order valence-corrected chi connectivity index (χ0v) is 15.2. The Bertz CT molecular complexity index is 872. The van der Waals surface area contributed by atoms with Crippen molar-refractivity contribution >= 4 is 21.4 Å². The second-order valence-electron chi connectivity index (χ2n) is 6.32. The van der Waals surface area contributed by atoms with Crippen molar-refractivity contribution in [2.24, 2.45) is 11.1 Å². The highest BCUT2D eigenvalue weighted by Crippen LogP contribution is 2.63. The smallest absolute Gasteiger partial charge is 0.182 e. The average molecular weight is 384 g/mol. The van der Waals surface area contributed by atoms with Crippen LogP contribution in [0.25, 0.3) is 0 Å². The molecule has 3 rings (SSSR count). The lowest BCUT2D eigenvalue weighted by Crippen LogP contribution is -2.28. The highest BCUT2D eigenvalue weighted by atomic mass is 35.5. The van der Waals surface area contributed by atoms with Crippen molar-refractivity contribution in [3.8, 4) is 0 Å². The van der Waals surface area contributed by atoms with Gasteiger partial charge < -0.3 is 10.5 Å². The van der Waals surface area contributed by atoms with Crippen LogP contribution in [0, 0.1) is 11.2 Å². The van der Waals surface area contributed by atoms with Crippen LogP contribution in [0.5, 0.6) is 0 Å². The third-order valence-corrected chi connectivity index (χ3v) is 7.45. The molecule has 0 spiro atoms. The van der Waals surface area contributed by atoms with E-state index in [1.54, 1.807) is 12.1 Å². The summed E-state index contributed by atoms with van der Waals surface area (Å²) in [7, 11) is -2.17. The van der Waals surface area contributed by atoms with E-state index in [4.69, 9.17) is 22.1 Å². The molecule has 1 aliphatic carbocycles. The average Bonchev–Trinajstić information content (AvgIpc) is 3.26. The lowest BCUT2D eigenvalue weighted by atomic mass is 10.00. The van der Waals surface area contributed by atoms with Crippen LogP contribution in [0.1, 0.15) is 11.5 Å². The van der Waals surface area contributed by atoms with E-state index in [1.807, 2.05) is 0 Å². The van der Waals surface area contributed by atoms with Crippen LogP contribution in [-0.4, -0.2) is 33.9 Å². The summed E-state index contributed by atoms with van der Waals surface area (Å²) in [6.45, 7) is 0.307. The van der Waals surface area contributed by atoms with E-state index in [1.165, 1.54) is 43.5 Å². The number of hydrogen-bond acceptors (Lipinski definition) is 4. The molecule has 4 nitrogen and oxygen atoms in total. The topological polar surface area (TPSA) is 69.4 Å². The second-order valence-corrected chi connectivity index (χ2v) is 8.83. The summed E-state index contributed by atoms with van der Waals surface area (Å²) in [5.41, 5.74) is 5.79. The Balaban J connectivity index is 2.07. The summed E-state index contributed by atoms with van der Waals surface area (Å²) in [6, 6.07) is 12.0. The van der Waals surface area contributed by atoms with Crippen molar-refractivity contribution in [1.82, 2.24) is 0 Å². The van der Waals surface area contributed by atoms with E-state index in [0.717, 1.165) is 0 Å². The summed E-state index contributed by atoms with van der Waals surface area (Å²) < 4.78 is 45.3. The van der Waals surface area contributed by atoms with Gasteiger partial charge in [0.25, 0.3) is 0 Å². The maximum atomic E-state index is 13.7. The Morgan fingerprint density at radius 1 is 1.24 bits per heavy atom. The molecule has 0 amide bonds. The van der Waals surface area contributed by atoms with E-state index in [2.05, 4.69) is 0 Å². The SMILES string of the molecule is COC[C@]1(CN)[C@H](c2cccc(F)c2)[C@@H]1S(=O)(=O)c1ccc(Cl)cc1. The van der Waals surface area contributed by atoms with Gasteiger partial charge in [0.15, 0.2) is 9.84 Å². The number of methoxy groups -OCH3 is 1. The molecular formula is C18H19ClFNO3S. The fourth-order valence-corrected chi connectivity index (χ4v) is 6.23. The number of ether oxygens (including phenoxy) is 1. The molecule has 7 heteroatoms. The Hall–Kier alpha value is -1.47. The normalized spacial score (nSPS) is 25.8. The fourth-order valence-electron chi connectivity index (χ4n) is 3.66. The van der Waals surface area contributed by atoms with Crippen molar-refractivity contribution in [3.05, 3.63) is 64.9 Å². The molecule has 3 atom stereocenters. The first-order valence-corrected chi connectivity index (χ1v) is 9.73. The molecule has 0 aliphatic heterocycles. The van der Waals surface area contributed by atoms with E-state index in [9.17, 15) is 12.8 Å². The van der Waals surface area contributed by atoms with Gasteiger partial charge in [0.1, 0.15) is 5.82 Å². The summed E-state index contributed by atoms with van der Waals surface area (Å²) in [5.74, 6) is -0.829. The molecule has 2 aromatic carbocycles. The fraction of sp³-hybridized carbons (Fsp3) is 0.333. The van der Waals surface area contributed by atoms with Crippen LogP contribution < -0.4 is 5.73 Å². The van der Waals surface area contributed by atoms with Crippen LogP contribution in [0.3, 0.4) is 0 Å². The van der Waals surface area contributed by atoms with Gasteiger partial charge in [-0.15, -0.1) is 0 Å². The van der Waals surface area contributed by atoms with Crippen LogP contribution in [0.15, 0.2) is 53.4 Å². The lowest BCUT2D eigenvalue weighted by Gasteiger charge is -2.15. The van der Waals surface area contributed by atoms with Gasteiger partial charge in [-0.2, -0.15) is 0 Å². The van der Waals surface area contributed by atoms with Gasteiger partial charge >= 0.3 is 0 Å². The first-order chi connectivity index (χ1) is 11.9. The Kier molecular flexibility index (Phi) is 4.90. The highest BCUT2D eigenvalue weighted by molar-refractivity contribution is 7.92. The Morgan fingerprint density at radius 2 is 1.92 bits per heavy atom. The minimum Gasteiger partial charge on any atom is -0.384 e. The number of benzene rings is 2. The predicted octanol–water partition coefficient (Wildman–Crippen LogP) is 3.01. The monoisotopic (exact) mass is 383 g/mol. The second kappa shape index (κ2) is 6.68. The van der Waals surface area contributed by atoms with Gasteiger partial charge in [0, 0.05) is 30.0 Å². The Labute approximate surface area is 151 Å². The van der Waals surface area contributed by atoms with Gasteiger partial charge in [0.05, 0.1) is 16.8 Å². The molecule has 0 aromatic heterocycles. The van der Waals surface area contributed by atoms with Gasteiger partial charge in [0.2, 0.25) is 0 Å². The molecule has 2 N–H and O–H groups in total. The van der Waals surface area contributed by atoms with E-state index in [-0.39, 0.29) is 18.0 Å². The van der Waals surface area contributed by atoms with Gasteiger partial charge in [-0.3, -0.25) is 0 Å². The molecule has 0 radical (unpaired) electrons. The minimum absolute atomic E-state index is 0.125. The molecule has 1 fully saturated rings. The first-order valence-electron chi connectivity index (χ1n) is 7.81. The van der Waals surface area contributed by atoms with Crippen molar-refractivity contribution in [2.45, 2.75) is 16.1 Å². The van der Waals surface area contributed by atoms with Crippen molar-refractivity contribution in [2.75, 3.05) is 20.3 Å². The van der Waals surface area contributed by atoms with Crippen molar-refractivity contribution in [1.29, 1.82) is 0 Å². The molecule has 1 aliphatic rings. The number of hydrogen-bond donors (Lipinski definition) is 1. The van der Waals surface area contributed by atoms with Crippen LogP contribution in [-0.2, 0) is 14.6 Å². The molecule has 0 heterocycles. The van der Waals surface area contributed by atoms with E-state index >= 15 is 0 Å². The quantitative estimate of drug-likeness (QED) is 0.832. The number of rotatable bonds is 6. The summed E-state index contributed by atoms with van der Waals surface area (Å²) in [5, 5.41) is -0.314. The minimum atomic E-state index is -3.68. The van der Waals surface area contributed by atoms with Gasteiger partial charge in [-0.25, -0.2) is 12.8 Å². The number of nitrogens with two attached hydrogens (primary N) is 1. The molecular weight excluding hydrogens is 365 g/mol. The maximum absolute atomic E-state index is 13.7. The van der Waals surface area contributed by atoms with E-state index in [0.29, 0.717) is 10.6 Å². The summed E-state index contributed by atoms with van der Waals surface area (Å²) >= 11 is 5.86. The molecule has 25 heavy (non-hydrogen) atoms. The molecule has 134 valence electrons. The van der Waals surface area contributed by atoms with Gasteiger partial charge in [-0.05, 0) is 42.0 Å². The summed E-state index contributed by atoms with van der Waals surface area (Å²) in [6.07, 6.45) is 0. The largest absolute Gasteiger partial charge is 0.384 e. The molecule has 2 aromatic rings. The lowest BCUT2D eigenvalue weighted by molar-refractivity contribution is 0.142. The Morgan fingerprint density at radius 3 is 2.48 bits per heavy atom. The molecule has 0 unspecified atom stereocenters. The predicted molar refractivity (Wildman–Crippen MR) is 94.9 cm³/mol. The van der Waals surface area contributed by atoms with Crippen LogP contribution in [0.4, 0.5) is 4.39 Å². The highest BCUT2D eigenvalue weighted by Gasteiger charge is 2.70. The van der Waals surface area contributed by atoms with Crippen LogP contribution >= 0.6 is 11.6 Å². The number of sulfone groups is 1. The molecule has 0 bridgehead atoms. The molecule has 1 saturated carbocycles. The number of halogens is 2. The third kappa shape index (κ3) is 3.08. The van der Waals surface area contributed by atoms with Gasteiger partial charge in [-0.1, -0.05) is 23.7 Å². The summed E-state index contributed by atoms with van der Waals surface area (Å²) in [4.78, 5) is 0.176. The molecule has 0 saturated heterocycles. The third-order valence-electron chi connectivity index (χ3n) is 4.86. The van der Waals surface area contributed by atoms with Crippen LogP contribution in [0.2, 0.25) is 5.02 Å². The zero-order valence-electron chi connectivity index (χ0n) is 13.7. The van der Waals surface area contributed by atoms with Crippen molar-refractivity contribution in [3.63, 3.8) is 0 Å². The van der Waals surface area contributed by atoms with E-state index < -0.39 is 32.2 Å². The first kappa shape index (κ1) is 18.3. The maximum Gasteiger partial charge on any atom is 0.182 e. The zero-order chi connectivity index (χ0) is 18.2. The van der Waals surface area contributed by atoms with Crippen molar-refractivity contribution < 1.29 is 17.5 Å².